The minimum atomic E-state index is -1.26. The van der Waals surface area contributed by atoms with Gasteiger partial charge in [0.15, 0.2) is 0 Å². The Morgan fingerprint density at radius 2 is 1.90 bits per heavy atom. The van der Waals surface area contributed by atoms with Gasteiger partial charge in [0.25, 0.3) is 0 Å². The third-order valence-corrected chi connectivity index (χ3v) is 4.56. The van der Waals surface area contributed by atoms with Gasteiger partial charge in [-0.3, -0.25) is 4.21 Å². The normalized spacial score (nSPS) is 13.7. The molecule has 2 N–H and O–H groups in total. The van der Waals surface area contributed by atoms with Crippen LogP contribution < -0.4 is 10.5 Å². The molecular weight excluding hydrogens is 289 g/mol. The Hall–Kier alpha value is -1.72. The highest BCUT2D eigenvalue weighted by Gasteiger charge is 2.12. The molecule has 0 aliphatic rings. The van der Waals surface area contributed by atoms with Gasteiger partial charge in [0.2, 0.25) is 0 Å². The predicted molar refractivity (Wildman–Crippen MR) is 82.1 cm³/mol. The molecule has 0 aliphatic carbocycles. The molecule has 2 atom stereocenters. The first kappa shape index (κ1) is 15.7. The third-order valence-electron chi connectivity index (χ3n) is 3.19. The van der Waals surface area contributed by atoms with Crippen LogP contribution in [0.1, 0.15) is 24.1 Å². The van der Waals surface area contributed by atoms with Crippen molar-refractivity contribution in [1.29, 1.82) is 0 Å². The summed E-state index contributed by atoms with van der Waals surface area (Å²) in [6.45, 7) is 1.89. The highest BCUT2D eigenvalue weighted by molar-refractivity contribution is 7.84. The summed E-state index contributed by atoms with van der Waals surface area (Å²) in [5, 5.41) is 0. The molecule has 0 saturated heterocycles. The van der Waals surface area contributed by atoms with Crippen LogP contribution in [0.25, 0.3) is 0 Å². The second kappa shape index (κ2) is 6.83. The van der Waals surface area contributed by atoms with Crippen LogP contribution >= 0.6 is 0 Å². The van der Waals surface area contributed by atoms with E-state index in [0.29, 0.717) is 16.4 Å². The van der Waals surface area contributed by atoms with Crippen LogP contribution in [0.15, 0.2) is 47.4 Å². The molecule has 2 rings (SSSR count). The van der Waals surface area contributed by atoms with Crippen LogP contribution in [0.2, 0.25) is 0 Å². The second-order valence-corrected chi connectivity index (χ2v) is 6.25. The molecule has 0 amide bonds. The lowest BCUT2D eigenvalue weighted by atomic mass is 10.1. The summed E-state index contributed by atoms with van der Waals surface area (Å²) >= 11 is 0. The maximum atomic E-state index is 12.9. The van der Waals surface area contributed by atoms with E-state index in [2.05, 4.69) is 0 Å². The fraction of sp³-hybridized carbons (Fsp3) is 0.250. The van der Waals surface area contributed by atoms with Crippen molar-refractivity contribution in [3.8, 4) is 5.75 Å². The Bertz CT molecular complexity index is 641. The van der Waals surface area contributed by atoms with Gasteiger partial charge < -0.3 is 10.5 Å². The van der Waals surface area contributed by atoms with Crippen LogP contribution in [0.4, 0.5) is 4.39 Å². The first-order valence-electron chi connectivity index (χ1n) is 6.57. The molecule has 0 saturated carbocycles. The quantitative estimate of drug-likeness (QED) is 0.923. The summed E-state index contributed by atoms with van der Waals surface area (Å²) in [5.41, 5.74) is 7.66. The Balaban J connectivity index is 2.27. The van der Waals surface area contributed by atoms with Crippen molar-refractivity contribution in [2.24, 2.45) is 5.73 Å². The number of hydrogen-bond acceptors (Lipinski definition) is 3. The molecule has 2 unspecified atom stereocenters. The van der Waals surface area contributed by atoms with Crippen molar-refractivity contribution >= 4 is 10.8 Å². The first-order valence-corrected chi connectivity index (χ1v) is 7.89. The van der Waals surface area contributed by atoms with Gasteiger partial charge in [-0.15, -0.1) is 0 Å². The number of benzene rings is 2. The molecule has 0 radical (unpaired) electrons. The summed E-state index contributed by atoms with van der Waals surface area (Å²) in [5.74, 6) is 0.636. The Morgan fingerprint density at radius 1 is 1.24 bits per heavy atom. The van der Waals surface area contributed by atoms with Crippen molar-refractivity contribution < 1.29 is 13.3 Å². The van der Waals surface area contributed by atoms with Gasteiger partial charge in [-0.1, -0.05) is 6.07 Å². The van der Waals surface area contributed by atoms with E-state index in [1.807, 2.05) is 25.1 Å². The lowest BCUT2D eigenvalue weighted by molar-refractivity contribution is 0.411. The van der Waals surface area contributed by atoms with Crippen molar-refractivity contribution in [2.75, 3.05) is 7.11 Å². The van der Waals surface area contributed by atoms with E-state index < -0.39 is 10.8 Å². The molecule has 0 aromatic heterocycles. The number of hydrogen-bond donors (Lipinski definition) is 1. The Labute approximate surface area is 126 Å². The topological polar surface area (TPSA) is 52.3 Å². The molecule has 2 aromatic rings. The fourth-order valence-corrected chi connectivity index (χ4v) is 3.12. The third kappa shape index (κ3) is 3.89. The minimum Gasteiger partial charge on any atom is -0.496 e. The molecule has 21 heavy (non-hydrogen) atoms. The van der Waals surface area contributed by atoms with Gasteiger partial charge >= 0.3 is 0 Å². The van der Waals surface area contributed by atoms with Gasteiger partial charge in [0, 0.05) is 16.5 Å². The monoisotopic (exact) mass is 307 g/mol. The van der Waals surface area contributed by atoms with Gasteiger partial charge in [-0.25, -0.2) is 4.39 Å². The zero-order valence-electron chi connectivity index (χ0n) is 12.0. The Kier molecular flexibility index (Phi) is 5.09. The van der Waals surface area contributed by atoms with E-state index in [4.69, 9.17) is 10.5 Å². The summed E-state index contributed by atoms with van der Waals surface area (Å²) in [6.07, 6.45) is 0. The predicted octanol–water partition coefficient (Wildman–Crippen LogP) is 3.16. The smallest absolute Gasteiger partial charge is 0.123 e. The van der Waals surface area contributed by atoms with Crippen LogP contribution in [-0.4, -0.2) is 11.3 Å². The van der Waals surface area contributed by atoms with Crippen molar-refractivity contribution in [3.05, 3.63) is 59.4 Å². The molecule has 2 aromatic carbocycles. The number of rotatable bonds is 5. The van der Waals surface area contributed by atoms with E-state index in [9.17, 15) is 8.60 Å². The van der Waals surface area contributed by atoms with E-state index in [-0.39, 0.29) is 11.9 Å². The molecule has 5 heteroatoms. The summed E-state index contributed by atoms with van der Waals surface area (Å²) in [7, 11) is 0.311. The van der Waals surface area contributed by atoms with E-state index in [0.717, 1.165) is 11.1 Å². The van der Waals surface area contributed by atoms with Crippen LogP contribution in [0.3, 0.4) is 0 Å². The molecule has 0 bridgehead atoms. The fourth-order valence-electron chi connectivity index (χ4n) is 2.01. The molecule has 0 fully saturated rings. The van der Waals surface area contributed by atoms with Crippen molar-refractivity contribution in [2.45, 2.75) is 23.6 Å². The molecule has 0 aliphatic heterocycles. The van der Waals surface area contributed by atoms with Gasteiger partial charge in [-0.05, 0) is 48.9 Å². The standard InChI is InChI=1S/C16H18FNO2S/c1-11(18)12-3-8-16(20-2)13(9-12)10-21(19)15-6-4-14(17)5-7-15/h3-9,11H,10,18H2,1-2H3. The Morgan fingerprint density at radius 3 is 2.48 bits per heavy atom. The minimum absolute atomic E-state index is 0.103. The molecule has 3 nitrogen and oxygen atoms in total. The highest BCUT2D eigenvalue weighted by Crippen LogP contribution is 2.25. The van der Waals surface area contributed by atoms with Crippen LogP contribution in [-0.2, 0) is 16.6 Å². The zero-order chi connectivity index (χ0) is 15.4. The van der Waals surface area contributed by atoms with E-state index in [1.165, 1.54) is 24.3 Å². The maximum absolute atomic E-state index is 12.9. The molecule has 0 spiro atoms. The number of ether oxygens (including phenoxy) is 1. The summed E-state index contributed by atoms with van der Waals surface area (Å²) < 4.78 is 30.6. The number of nitrogens with two attached hydrogens (primary N) is 1. The van der Waals surface area contributed by atoms with E-state index >= 15 is 0 Å². The lowest BCUT2D eigenvalue weighted by Crippen LogP contribution is -2.07. The summed E-state index contributed by atoms with van der Waals surface area (Å²) in [6, 6.07) is 11.2. The second-order valence-electron chi connectivity index (χ2n) is 4.80. The van der Waals surface area contributed by atoms with Gasteiger partial charge in [-0.2, -0.15) is 0 Å². The number of methoxy groups -OCH3 is 1. The van der Waals surface area contributed by atoms with Gasteiger partial charge in [0.1, 0.15) is 11.6 Å². The van der Waals surface area contributed by atoms with E-state index in [1.54, 1.807) is 7.11 Å². The molecule has 0 heterocycles. The van der Waals surface area contributed by atoms with Crippen molar-refractivity contribution in [1.82, 2.24) is 0 Å². The molecule has 112 valence electrons. The van der Waals surface area contributed by atoms with Crippen molar-refractivity contribution in [3.63, 3.8) is 0 Å². The molecular formula is C16H18FNO2S. The van der Waals surface area contributed by atoms with Gasteiger partial charge in [0.05, 0.1) is 23.7 Å². The zero-order valence-corrected chi connectivity index (χ0v) is 12.8. The number of halogens is 1. The average molecular weight is 307 g/mol. The highest BCUT2D eigenvalue weighted by atomic mass is 32.2. The average Bonchev–Trinajstić information content (AvgIpc) is 2.47. The van der Waals surface area contributed by atoms with Crippen LogP contribution in [0, 0.1) is 5.82 Å². The lowest BCUT2D eigenvalue weighted by Gasteiger charge is -2.12. The first-order chi connectivity index (χ1) is 10.0. The SMILES string of the molecule is COc1ccc(C(C)N)cc1CS(=O)c1ccc(F)cc1. The summed E-state index contributed by atoms with van der Waals surface area (Å²) in [4.78, 5) is 0.588. The van der Waals surface area contributed by atoms with Crippen LogP contribution in [0.5, 0.6) is 5.75 Å². The largest absolute Gasteiger partial charge is 0.496 e. The maximum Gasteiger partial charge on any atom is 0.123 e.